The number of hydrogen-bond acceptors (Lipinski definition) is 2. The van der Waals surface area contributed by atoms with Gasteiger partial charge in [-0.25, -0.2) is 0 Å². The molecule has 0 heterocycles. The Hall–Kier alpha value is -0.340. The summed E-state index contributed by atoms with van der Waals surface area (Å²) >= 11 is 0. The van der Waals surface area contributed by atoms with E-state index < -0.39 is 0 Å². The van der Waals surface area contributed by atoms with Crippen molar-refractivity contribution in [2.75, 3.05) is 14.2 Å². The number of allylic oxidation sites excluding steroid dienone is 2. The van der Waals surface area contributed by atoms with Gasteiger partial charge in [-0.2, -0.15) is 0 Å². The first-order chi connectivity index (χ1) is 8.08. The molecule has 2 nitrogen and oxygen atoms in total. The summed E-state index contributed by atoms with van der Waals surface area (Å²) < 4.78 is 10.9. The zero-order valence-corrected chi connectivity index (χ0v) is 11.7. The molecule has 98 valence electrons. The maximum Gasteiger partial charge on any atom is 0.159 e. The molecule has 1 unspecified atom stereocenters. The maximum atomic E-state index is 5.43. The first-order valence-corrected chi connectivity index (χ1v) is 6.85. The Kier molecular flexibility index (Phi) is 3.94. The van der Waals surface area contributed by atoms with E-state index in [1.54, 1.807) is 25.4 Å². The van der Waals surface area contributed by atoms with Gasteiger partial charge in [0.05, 0.1) is 0 Å². The van der Waals surface area contributed by atoms with Crippen molar-refractivity contribution in [3.05, 3.63) is 11.1 Å². The topological polar surface area (TPSA) is 18.5 Å². The molecule has 0 bridgehead atoms. The van der Waals surface area contributed by atoms with Crippen LogP contribution in [0.2, 0.25) is 0 Å². The van der Waals surface area contributed by atoms with Gasteiger partial charge in [-0.3, -0.25) is 0 Å². The summed E-state index contributed by atoms with van der Waals surface area (Å²) in [4.78, 5) is 0. The van der Waals surface area contributed by atoms with Gasteiger partial charge in [0.1, 0.15) is 0 Å². The zero-order chi connectivity index (χ0) is 12.5. The molecule has 0 aromatic carbocycles. The molecule has 0 spiro atoms. The highest BCUT2D eigenvalue weighted by Gasteiger charge is 2.35. The van der Waals surface area contributed by atoms with Crippen molar-refractivity contribution in [3.8, 4) is 0 Å². The second-order valence-electron chi connectivity index (χ2n) is 6.16. The molecule has 0 fully saturated rings. The minimum atomic E-state index is -0.0194. The first-order valence-electron chi connectivity index (χ1n) is 6.85. The Balaban J connectivity index is 2.13. The summed E-state index contributed by atoms with van der Waals surface area (Å²) in [5, 5.41) is 0. The van der Waals surface area contributed by atoms with E-state index in [4.69, 9.17) is 9.47 Å². The molecule has 2 aliphatic rings. The van der Waals surface area contributed by atoms with Crippen molar-refractivity contribution in [2.45, 2.75) is 58.7 Å². The van der Waals surface area contributed by atoms with Gasteiger partial charge < -0.3 is 9.47 Å². The number of rotatable bonds is 3. The van der Waals surface area contributed by atoms with Crippen molar-refractivity contribution in [1.82, 2.24) is 0 Å². The molecule has 0 aliphatic heterocycles. The van der Waals surface area contributed by atoms with Crippen LogP contribution in [-0.4, -0.2) is 20.5 Å². The summed E-state index contributed by atoms with van der Waals surface area (Å²) in [6, 6.07) is 0. The molecule has 0 N–H and O–H groups in total. The van der Waals surface area contributed by atoms with Crippen LogP contribution in [-0.2, 0) is 9.47 Å². The summed E-state index contributed by atoms with van der Waals surface area (Å²) in [5.74, 6) is 0.553. The average molecular weight is 238 g/mol. The van der Waals surface area contributed by atoms with E-state index in [-0.39, 0.29) is 6.29 Å². The summed E-state index contributed by atoms with van der Waals surface area (Å²) in [5.41, 5.74) is 3.89. The predicted octanol–water partition coefficient (Wildman–Crippen LogP) is 3.91. The van der Waals surface area contributed by atoms with E-state index in [9.17, 15) is 0 Å². The van der Waals surface area contributed by atoms with Crippen LogP contribution in [0.4, 0.5) is 0 Å². The van der Waals surface area contributed by atoms with Crippen molar-refractivity contribution in [2.24, 2.45) is 11.3 Å². The molecular formula is C15H26O2. The molecule has 1 atom stereocenters. The molecule has 0 aromatic rings. The van der Waals surface area contributed by atoms with E-state index in [1.165, 1.54) is 38.5 Å². The maximum absolute atomic E-state index is 5.43. The highest BCUT2D eigenvalue weighted by atomic mass is 16.7. The Morgan fingerprint density at radius 3 is 2.53 bits per heavy atom. The lowest BCUT2D eigenvalue weighted by atomic mass is 9.66. The Morgan fingerprint density at radius 1 is 1.18 bits per heavy atom. The quantitative estimate of drug-likeness (QED) is 0.548. The number of ether oxygens (including phenoxy) is 2. The number of hydrogen-bond donors (Lipinski definition) is 0. The van der Waals surface area contributed by atoms with E-state index in [2.05, 4.69) is 13.8 Å². The third-order valence-corrected chi connectivity index (χ3v) is 4.65. The van der Waals surface area contributed by atoms with Crippen molar-refractivity contribution in [3.63, 3.8) is 0 Å². The lowest BCUT2D eigenvalue weighted by molar-refractivity contribution is -0.140. The van der Waals surface area contributed by atoms with Crippen LogP contribution in [0, 0.1) is 11.3 Å². The smallest absolute Gasteiger partial charge is 0.159 e. The molecule has 0 aromatic heterocycles. The molecular weight excluding hydrogens is 212 g/mol. The van der Waals surface area contributed by atoms with Gasteiger partial charge in [-0.1, -0.05) is 25.0 Å². The first kappa shape index (κ1) is 13.1. The Labute approximate surface area is 105 Å². The van der Waals surface area contributed by atoms with Crippen LogP contribution in [0.5, 0.6) is 0 Å². The molecule has 2 aliphatic carbocycles. The third kappa shape index (κ3) is 2.58. The number of methoxy groups -OCH3 is 2. The van der Waals surface area contributed by atoms with Crippen LogP contribution in [0.1, 0.15) is 52.4 Å². The van der Waals surface area contributed by atoms with Crippen LogP contribution in [0.3, 0.4) is 0 Å². The summed E-state index contributed by atoms with van der Waals surface area (Å²) in [7, 11) is 3.51. The Morgan fingerprint density at radius 2 is 1.88 bits per heavy atom. The van der Waals surface area contributed by atoms with Crippen molar-refractivity contribution in [1.29, 1.82) is 0 Å². The molecule has 0 radical (unpaired) electrons. The largest absolute Gasteiger partial charge is 0.356 e. The van der Waals surface area contributed by atoms with Gasteiger partial charge in [0, 0.05) is 20.1 Å². The Bertz CT molecular complexity index is 300. The van der Waals surface area contributed by atoms with Gasteiger partial charge in [-0.15, -0.1) is 0 Å². The monoisotopic (exact) mass is 238 g/mol. The molecule has 0 saturated carbocycles. The molecule has 0 amide bonds. The minimum Gasteiger partial charge on any atom is -0.356 e. The minimum absolute atomic E-state index is 0.0194. The van der Waals surface area contributed by atoms with Crippen molar-refractivity contribution < 1.29 is 9.47 Å². The van der Waals surface area contributed by atoms with Crippen LogP contribution >= 0.6 is 0 Å². The normalized spacial score (nSPS) is 28.4. The van der Waals surface area contributed by atoms with Crippen LogP contribution in [0.25, 0.3) is 0 Å². The van der Waals surface area contributed by atoms with Gasteiger partial charge in [0.25, 0.3) is 0 Å². The van der Waals surface area contributed by atoms with Crippen LogP contribution < -0.4 is 0 Å². The average Bonchev–Trinajstić information content (AvgIpc) is 2.30. The van der Waals surface area contributed by atoms with Crippen LogP contribution in [0.15, 0.2) is 11.1 Å². The highest BCUT2D eigenvalue weighted by Crippen LogP contribution is 2.48. The molecule has 2 heteroatoms. The standard InChI is InChI=1S/C15H26O2/c1-15(2)9-5-6-11-10-12(7-8-13(11)15)14(16-3)17-4/h12,14H,5-10H2,1-4H3. The summed E-state index contributed by atoms with van der Waals surface area (Å²) in [6.07, 6.45) is 7.64. The van der Waals surface area contributed by atoms with Gasteiger partial charge >= 0.3 is 0 Å². The predicted molar refractivity (Wildman–Crippen MR) is 69.8 cm³/mol. The second-order valence-corrected chi connectivity index (χ2v) is 6.16. The fourth-order valence-corrected chi connectivity index (χ4v) is 3.73. The lowest BCUT2D eigenvalue weighted by Gasteiger charge is -2.41. The SMILES string of the molecule is COC(OC)C1CCC2=C(CCCC2(C)C)C1. The summed E-state index contributed by atoms with van der Waals surface area (Å²) in [6.45, 7) is 4.82. The van der Waals surface area contributed by atoms with Gasteiger partial charge in [0.2, 0.25) is 0 Å². The van der Waals surface area contributed by atoms with E-state index in [0.29, 0.717) is 11.3 Å². The fourth-order valence-electron chi connectivity index (χ4n) is 3.73. The van der Waals surface area contributed by atoms with E-state index in [1.807, 2.05) is 0 Å². The van der Waals surface area contributed by atoms with Gasteiger partial charge in [0.15, 0.2) is 6.29 Å². The van der Waals surface area contributed by atoms with Gasteiger partial charge in [-0.05, 0) is 43.9 Å². The molecule has 17 heavy (non-hydrogen) atoms. The highest BCUT2D eigenvalue weighted by molar-refractivity contribution is 5.26. The lowest BCUT2D eigenvalue weighted by Crippen LogP contribution is -2.31. The molecule has 0 saturated heterocycles. The van der Waals surface area contributed by atoms with E-state index in [0.717, 1.165) is 0 Å². The second kappa shape index (κ2) is 5.11. The molecule has 2 rings (SSSR count). The third-order valence-electron chi connectivity index (χ3n) is 4.65. The van der Waals surface area contributed by atoms with Crippen molar-refractivity contribution >= 4 is 0 Å². The fraction of sp³-hybridized carbons (Fsp3) is 0.867. The zero-order valence-electron chi connectivity index (χ0n) is 11.7. The van der Waals surface area contributed by atoms with E-state index >= 15 is 0 Å².